The van der Waals surface area contributed by atoms with Gasteiger partial charge in [-0.05, 0) is 46.5 Å². The molecule has 0 atom stereocenters. The van der Waals surface area contributed by atoms with E-state index in [1.54, 1.807) is 7.11 Å². The SMILES string of the molecule is COc1cc(Br)c(C(=O)C2CCCCC2)cc1OCc1ccccc1. The van der Waals surface area contributed by atoms with Crippen LogP contribution in [0.1, 0.15) is 48.0 Å². The maximum absolute atomic E-state index is 12.9. The summed E-state index contributed by atoms with van der Waals surface area (Å²) in [5, 5.41) is 0. The molecule has 0 radical (unpaired) electrons. The molecule has 4 heteroatoms. The number of hydrogen-bond donors (Lipinski definition) is 0. The lowest BCUT2D eigenvalue weighted by molar-refractivity contribution is 0.0888. The second-order valence-corrected chi connectivity index (χ2v) is 7.31. The van der Waals surface area contributed by atoms with Crippen LogP contribution in [0, 0.1) is 5.92 Å². The molecule has 0 aliphatic heterocycles. The quantitative estimate of drug-likeness (QED) is 0.572. The minimum atomic E-state index is 0.125. The van der Waals surface area contributed by atoms with Crippen molar-refractivity contribution in [3.05, 3.63) is 58.1 Å². The molecule has 0 bridgehead atoms. The molecule has 25 heavy (non-hydrogen) atoms. The van der Waals surface area contributed by atoms with Crippen molar-refractivity contribution in [3.63, 3.8) is 0 Å². The summed E-state index contributed by atoms with van der Waals surface area (Å²) in [5.74, 6) is 1.57. The van der Waals surface area contributed by atoms with Gasteiger partial charge in [0.25, 0.3) is 0 Å². The van der Waals surface area contributed by atoms with Crippen molar-refractivity contribution in [2.45, 2.75) is 38.7 Å². The van der Waals surface area contributed by atoms with Gasteiger partial charge in [0, 0.05) is 16.0 Å². The summed E-state index contributed by atoms with van der Waals surface area (Å²) in [5.41, 5.74) is 1.77. The first-order chi connectivity index (χ1) is 12.2. The molecule has 1 fully saturated rings. The number of ether oxygens (including phenoxy) is 2. The Kier molecular flexibility index (Phi) is 6.14. The fourth-order valence-corrected chi connectivity index (χ4v) is 3.83. The molecule has 2 aromatic rings. The molecule has 0 amide bonds. The average molecular weight is 403 g/mol. The molecule has 3 rings (SSSR count). The van der Waals surface area contributed by atoms with E-state index >= 15 is 0 Å². The summed E-state index contributed by atoms with van der Waals surface area (Å²) in [6, 6.07) is 13.6. The lowest BCUT2D eigenvalue weighted by Gasteiger charge is -2.21. The fraction of sp³-hybridized carbons (Fsp3) is 0.381. The Morgan fingerprint density at radius 3 is 2.48 bits per heavy atom. The first-order valence-electron chi connectivity index (χ1n) is 8.77. The maximum atomic E-state index is 12.9. The topological polar surface area (TPSA) is 35.5 Å². The third-order valence-electron chi connectivity index (χ3n) is 4.73. The third kappa shape index (κ3) is 4.43. The van der Waals surface area contributed by atoms with E-state index in [0.29, 0.717) is 23.7 Å². The minimum Gasteiger partial charge on any atom is -0.493 e. The zero-order chi connectivity index (χ0) is 17.6. The zero-order valence-corrected chi connectivity index (χ0v) is 16.1. The molecule has 1 aliphatic rings. The van der Waals surface area contributed by atoms with E-state index in [9.17, 15) is 4.79 Å². The summed E-state index contributed by atoms with van der Waals surface area (Å²) in [7, 11) is 1.61. The molecule has 3 nitrogen and oxygen atoms in total. The second kappa shape index (κ2) is 8.52. The van der Waals surface area contributed by atoms with Gasteiger partial charge in [-0.15, -0.1) is 0 Å². The van der Waals surface area contributed by atoms with Gasteiger partial charge in [-0.2, -0.15) is 0 Å². The van der Waals surface area contributed by atoms with E-state index in [1.165, 1.54) is 6.42 Å². The van der Waals surface area contributed by atoms with Gasteiger partial charge in [0.15, 0.2) is 17.3 Å². The Bertz CT molecular complexity index is 721. The lowest BCUT2D eigenvalue weighted by Crippen LogP contribution is -2.18. The number of carbonyl (C=O) groups is 1. The van der Waals surface area contributed by atoms with E-state index in [0.717, 1.165) is 35.7 Å². The number of hydrogen-bond acceptors (Lipinski definition) is 3. The van der Waals surface area contributed by atoms with Gasteiger partial charge in [-0.1, -0.05) is 49.6 Å². The highest BCUT2D eigenvalue weighted by molar-refractivity contribution is 9.10. The maximum Gasteiger partial charge on any atom is 0.167 e. The number of rotatable bonds is 6. The van der Waals surface area contributed by atoms with Crippen molar-refractivity contribution < 1.29 is 14.3 Å². The van der Waals surface area contributed by atoms with Crippen LogP contribution >= 0.6 is 15.9 Å². The third-order valence-corrected chi connectivity index (χ3v) is 5.39. The molecule has 1 saturated carbocycles. The summed E-state index contributed by atoms with van der Waals surface area (Å²) >= 11 is 3.53. The van der Waals surface area contributed by atoms with Crippen molar-refractivity contribution in [3.8, 4) is 11.5 Å². The van der Waals surface area contributed by atoms with Crippen molar-refractivity contribution in [1.82, 2.24) is 0 Å². The molecule has 0 aromatic heterocycles. The highest BCUT2D eigenvalue weighted by Gasteiger charge is 2.25. The first kappa shape index (κ1) is 18.0. The normalized spacial score (nSPS) is 15.0. The largest absolute Gasteiger partial charge is 0.493 e. The fourth-order valence-electron chi connectivity index (χ4n) is 3.32. The summed E-state index contributed by atoms with van der Waals surface area (Å²) in [6.45, 7) is 0.440. The molecular weight excluding hydrogens is 380 g/mol. The van der Waals surface area contributed by atoms with E-state index in [1.807, 2.05) is 42.5 Å². The van der Waals surface area contributed by atoms with Crippen LogP contribution in [0.5, 0.6) is 11.5 Å². The van der Waals surface area contributed by atoms with Gasteiger partial charge in [0.2, 0.25) is 0 Å². The van der Waals surface area contributed by atoms with Crippen LogP contribution in [-0.4, -0.2) is 12.9 Å². The molecule has 0 N–H and O–H groups in total. The van der Waals surface area contributed by atoms with Crippen LogP contribution in [0.3, 0.4) is 0 Å². The van der Waals surface area contributed by atoms with E-state index < -0.39 is 0 Å². The molecule has 0 saturated heterocycles. The summed E-state index contributed by atoms with van der Waals surface area (Å²) in [4.78, 5) is 12.9. The molecule has 0 heterocycles. The van der Waals surface area contributed by atoms with Crippen molar-refractivity contribution in [2.24, 2.45) is 5.92 Å². The number of halogens is 1. The molecule has 0 spiro atoms. The van der Waals surface area contributed by atoms with E-state index in [4.69, 9.17) is 9.47 Å². The highest BCUT2D eigenvalue weighted by atomic mass is 79.9. The molecule has 132 valence electrons. The van der Waals surface area contributed by atoms with Crippen LogP contribution in [0.2, 0.25) is 0 Å². The number of benzene rings is 2. The smallest absolute Gasteiger partial charge is 0.167 e. The zero-order valence-electron chi connectivity index (χ0n) is 14.5. The predicted octanol–water partition coefficient (Wildman–Crippen LogP) is 5.80. The lowest BCUT2D eigenvalue weighted by atomic mass is 9.84. The summed E-state index contributed by atoms with van der Waals surface area (Å²) in [6.07, 6.45) is 5.48. The van der Waals surface area contributed by atoms with Gasteiger partial charge in [-0.25, -0.2) is 0 Å². The Labute approximate surface area is 157 Å². The van der Waals surface area contributed by atoms with Gasteiger partial charge >= 0.3 is 0 Å². The Balaban J connectivity index is 1.82. The Morgan fingerprint density at radius 2 is 1.80 bits per heavy atom. The standard InChI is InChI=1S/C21H23BrO3/c1-24-19-13-18(22)17(21(23)16-10-6-3-7-11-16)12-20(19)25-14-15-8-4-2-5-9-15/h2,4-5,8-9,12-13,16H,3,6-7,10-11,14H2,1H3. The van der Waals surface area contributed by atoms with Gasteiger partial charge in [0.05, 0.1) is 7.11 Å². The molecular formula is C21H23BrO3. The van der Waals surface area contributed by atoms with Crippen LogP contribution in [0.4, 0.5) is 0 Å². The number of ketones is 1. The molecule has 0 unspecified atom stereocenters. The van der Waals surface area contributed by atoms with E-state index in [-0.39, 0.29) is 11.7 Å². The van der Waals surface area contributed by atoms with Gasteiger partial charge in [0.1, 0.15) is 6.61 Å². The van der Waals surface area contributed by atoms with Gasteiger partial charge < -0.3 is 9.47 Å². The predicted molar refractivity (Wildman–Crippen MR) is 102 cm³/mol. The second-order valence-electron chi connectivity index (χ2n) is 6.46. The Hall–Kier alpha value is -1.81. The van der Waals surface area contributed by atoms with Crippen molar-refractivity contribution >= 4 is 21.7 Å². The van der Waals surface area contributed by atoms with Crippen molar-refractivity contribution in [2.75, 3.05) is 7.11 Å². The number of carbonyl (C=O) groups excluding carboxylic acids is 1. The first-order valence-corrected chi connectivity index (χ1v) is 9.57. The number of methoxy groups -OCH3 is 1. The minimum absolute atomic E-state index is 0.125. The van der Waals surface area contributed by atoms with Crippen LogP contribution in [-0.2, 0) is 6.61 Å². The molecule has 1 aliphatic carbocycles. The highest BCUT2D eigenvalue weighted by Crippen LogP contribution is 2.37. The van der Waals surface area contributed by atoms with Crippen LogP contribution in [0.15, 0.2) is 46.9 Å². The summed E-state index contributed by atoms with van der Waals surface area (Å²) < 4.78 is 12.1. The van der Waals surface area contributed by atoms with E-state index in [2.05, 4.69) is 15.9 Å². The van der Waals surface area contributed by atoms with Gasteiger partial charge in [-0.3, -0.25) is 4.79 Å². The Morgan fingerprint density at radius 1 is 1.08 bits per heavy atom. The number of Topliss-reactive ketones (excluding diaryl/α,β-unsaturated/α-hetero) is 1. The average Bonchev–Trinajstić information content (AvgIpc) is 2.67. The molecule has 2 aromatic carbocycles. The van der Waals surface area contributed by atoms with Crippen molar-refractivity contribution in [1.29, 1.82) is 0 Å². The monoisotopic (exact) mass is 402 g/mol. The van der Waals surface area contributed by atoms with Crippen LogP contribution in [0.25, 0.3) is 0 Å². The van der Waals surface area contributed by atoms with Crippen LogP contribution < -0.4 is 9.47 Å².